The van der Waals surface area contributed by atoms with E-state index in [-0.39, 0.29) is 29.7 Å². The summed E-state index contributed by atoms with van der Waals surface area (Å²) in [5.74, 6) is 0.0883. The van der Waals surface area contributed by atoms with Crippen molar-refractivity contribution in [3.8, 4) is 0 Å². The quantitative estimate of drug-likeness (QED) is 0.845. The Hall–Kier alpha value is -1.85. The van der Waals surface area contributed by atoms with Crippen LogP contribution >= 0.6 is 0 Å². The summed E-state index contributed by atoms with van der Waals surface area (Å²) >= 11 is 0. The Morgan fingerprint density at radius 2 is 2.21 bits per heavy atom. The molecule has 0 radical (unpaired) electrons. The summed E-state index contributed by atoms with van der Waals surface area (Å²) in [4.78, 5) is 25.8. The van der Waals surface area contributed by atoms with E-state index in [1.807, 2.05) is 27.7 Å². The average molecular weight is 264 g/mol. The lowest BCUT2D eigenvalue weighted by Gasteiger charge is -2.31. The molecule has 2 rings (SSSR count). The minimum absolute atomic E-state index is 0.0332. The molecule has 0 bridgehead atoms. The molecule has 0 aromatic carbocycles. The average Bonchev–Trinajstić information content (AvgIpc) is 2.84. The summed E-state index contributed by atoms with van der Waals surface area (Å²) in [6.07, 6.45) is 0.270. The molecule has 2 heterocycles. The number of amides is 2. The molecule has 1 aliphatic heterocycles. The number of carbonyl (C=O) groups is 2. The lowest BCUT2D eigenvalue weighted by Crippen LogP contribution is -2.42. The molecule has 1 fully saturated rings. The minimum Gasteiger partial charge on any atom is -0.337 e. The van der Waals surface area contributed by atoms with Gasteiger partial charge in [-0.05, 0) is 27.7 Å². The number of likely N-dealkylation sites (tertiary alicyclic amines) is 1. The number of rotatable bonds is 2. The van der Waals surface area contributed by atoms with Crippen molar-refractivity contribution in [2.45, 2.75) is 39.7 Å². The predicted molar refractivity (Wildman–Crippen MR) is 71.5 cm³/mol. The molecule has 2 amide bonds. The van der Waals surface area contributed by atoms with Gasteiger partial charge in [-0.3, -0.25) is 14.7 Å². The van der Waals surface area contributed by atoms with Crippen molar-refractivity contribution in [2.75, 3.05) is 11.9 Å². The van der Waals surface area contributed by atoms with E-state index < -0.39 is 0 Å². The normalized spacial score (nSPS) is 19.9. The maximum absolute atomic E-state index is 12.1. The molecule has 19 heavy (non-hydrogen) atoms. The Morgan fingerprint density at radius 1 is 1.53 bits per heavy atom. The fourth-order valence-corrected chi connectivity index (χ4v) is 2.24. The highest BCUT2D eigenvalue weighted by atomic mass is 16.2. The van der Waals surface area contributed by atoms with Gasteiger partial charge in [0.2, 0.25) is 11.8 Å². The zero-order valence-electron chi connectivity index (χ0n) is 11.8. The molecule has 1 atom stereocenters. The van der Waals surface area contributed by atoms with E-state index in [1.54, 1.807) is 11.0 Å². The van der Waals surface area contributed by atoms with Gasteiger partial charge < -0.3 is 10.2 Å². The van der Waals surface area contributed by atoms with Crippen LogP contribution in [0.1, 0.15) is 32.9 Å². The number of aryl methyl sites for hydroxylation is 1. The van der Waals surface area contributed by atoms with Gasteiger partial charge in [-0.2, -0.15) is 5.10 Å². The zero-order valence-corrected chi connectivity index (χ0v) is 11.8. The Labute approximate surface area is 112 Å². The number of aromatic nitrogens is 2. The van der Waals surface area contributed by atoms with Crippen LogP contribution in [0.4, 0.5) is 5.82 Å². The molecule has 1 aliphatic rings. The lowest BCUT2D eigenvalue weighted by molar-refractivity contribution is -0.131. The second-order valence-corrected chi connectivity index (χ2v) is 6.00. The van der Waals surface area contributed by atoms with Crippen LogP contribution in [-0.2, 0) is 9.59 Å². The van der Waals surface area contributed by atoms with Gasteiger partial charge in [0.05, 0.1) is 5.92 Å². The molecule has 2 N–H and O–H groups in total. The van der Waals surface area contributed by atoms with E-state index in [0.29, 0.717) is 12.4 Å². The van der Waals surface area contributed by atoms with Crippen LogP contribution in [0.2, 0.25) is 0 Å². The molecule has 1 unspecified atom stereocenters. The molecule has 0 spiro atoms. The first-order valence-corrected chi connectivity index (χ1v) is 6.40. The zero-order chi connectivity index (χ0) is 14.2. The summed E-state index contributed by atoms with van der Waals surface area (Å²) in [7, 11) is 0. The van der Waals surface area contributed by atoms with Gasteiger partial charge in [-0.25, -0.2) is 0 Å². The van der Waals surface area contributed by atoms with E-state index in [1.165, 1.54) is 0 Å². The third-order valence-corrected chi connectivity index (χ3v) is 3.26. The third kappa shape index (κ3) is 2.94. The Bertz CT molecular complexity index is 501. The fourth-order valence-electron chi connectivity index (χ4n) is 2.24. The molecule has 0 saturated carbocycles. The van der Waals surface area contributed by atoms with Crippen molar-refractivity contribution >= 4 is 17.6 Å². The van der Waals surface area contributed by atoms with E-state index >= 15 is 0 Å². The summed E-state index contributed by atoms with van der Waals surface area (Å²) < 4.78 is 0. The van der Waals surface area contributed by atoms with Gasteiger partial charge >= 0.3 is 0 Å². The number of hydrogen-bond acceptors (Lipinski definition) is 3. The van der Waals surface area contributed by atoms with Crippen LogP contribution in [-0.4, -0.2) is 39.0 Å². The van der Waals surface area contributed by atoms with Gasteiger partial charge in [-0.1, -0.05) is 0 Å². The van der Waals surface area contributed by atoms with E-state index in [0.717, 1.165) is 5.69 Å². The van der Waals surface area contributed by atoms with E-state index in [2.05, 4.69) is 15.5 Å². The molecule has 1 aromatic rings. The van der Waals surface area contributed by atoms with Gasteiger partial charge in [0.1, 0.15) is 0 Å². The van der Waals surface area contributed by atoms with Gasteiger partial charge in [0, 0.05) is 30.3 Å². The van der Waals surface area contributed by atoms with Gasteiger partial charge in [0.25, 0.3) is 0 Å². The van der Waals surface area contributed by atoms with Crippen LogP contribution in [0.15, 0.2) is 6.07 Å². The van der Waals surface area contributed by atoms with E-state index in [9.17, 15) is 9.59 Å². The molecule has 6 heteroatoms. The highest BCUT2D eigenvalue weighted by Gasteiger charge is 2.39. The molecule has 1 saturated heterocycles. The molecule has 1 aromatic heterocycles. The highest BCUT2D eigenvalue weighted by molar-refractivity contribution is 5.96. The SMILES string of the molecule is Cc1cc(NC(=O)C2CC(=O)N(C(C)(C)C)C2)n[nH]1. The maximum atomic E-state index is 12.1. The first kappa shape index (κ1) is 13.6. The van der Waals surface area contributed by atoms with Crippen molar-refractivity contribution in [2.24, 2.45) is 5.92 Å². The first-order valence-electron chi connectivity index (χ1n) is 6.40. The van der Waals surface area contributed by atoms with Crippen LogP contribution < -0.4 is 5.32 Å². The van der Waals surface area contributed by atoms with Crippen molar-refractivity contribution in [1.82, 2.24) is 15.1 Å². The number of hydrogen-bond donors (Lipinski definition) is 2. The minimum atomic E-state index is -0.302. The monoisotopic (exact) mass is 264 g/mol. The Balaban J connectivity index is 2.00. The number of H-pyrrole nitrogens is 1. The lowest BCUT2D eigenvalue weighted by atomic mass is 10.1. The van der Waals surface area contributed by atoms with Crippen molar-refractivity contribution in [3.05, 3.63) is 11.8 Å². The number of aromatic amines is 1. The standard InChI is InChI=1S/C13H20N4O2/c1-8-5-10(16-15-8)14-12(19)9-6-11(18)17(7-9)13(2,3)4/h5,9H,6-7H2,1-4H3,(H2,14,15,16,19). The summed E-state index contributed by atoms with van der Waals surface area (Å²) in [6, 6.07) is 1.76. The first-order chi connectivity index (χ1) is 8.77. The van der Waals surface area contributed by atoms with Crippen LogP contribution in [0, 0.1) is 12.8 Å². The number of nitrogens with one attached hydrogen (secondary N) is 2. The van der Waals surface area contributed by atoms with Crippen molar-refractivity contribution < 1.29 is 9.59 Å². The molecule has 0 aliphatic carbocycles. The second kappa shape index (κ2) is 4.68. The van der Waals surface area contributed by atoms with Crippen LogP contribution in [0.3, 0.4) is 0 Å². The number of anilines is 1. The maximum Gasteiger partial charge on any atom is 0.230 e. The van der Waals surface area contributed by atoms with Crippen LogP contribution in [0.5, 0.6) is 0 Å². The fraction of sp³-hybridized carbons (Fsp3) is 0.615. The van der Waals surface area contributed by atoms with Gasteiger partial charge in [0.15, 0.2) is 5.82 Å². The van der Waals surface area contributed by atoms with E-state index in [4.69, 9.17) is 0 Å². The van der Waals surface area contributed by atoms with Gasteiger partial charge in [-0.15, -0.1) is 0 Å². The summed E-state index contributed by atoms with van der Waals surface area (Å²) in [6.45, 7) is 8.26. The topological polar surface area (TPSA) is 78.1 Å². The van der Waals surface area contributed by atoms with Crippen LogP contribution in [0.25, 0.3) is 0 Å². The predicted octanol–water partition coefficient (Wildman–Crippen LogP) is 1.30. The van der Waals surface area contributed by atoms with Crippen molar-refractivity contribution in [3.63, 3.8) is 0 Å². The molecular weight excluding hydrogens is 244 g/mol. The summed E-state index contributed by atoms with van der Waals surface area (Å²) in [5.41, 5.74) is 0.642. The molecular formula is C13H20N4O2. The number of carbonyl (C=O) groups excluding carboxylic acids is 2. The smallest absolute Gasteiger partial charge is 0.230 e. The third-order valence-electron chi connectivity index (χ3n) is 3.26. The molecule has 6 nitrogen and oxygen atoms in total. The second-order valence-electron chi connectivity index (χ2n) is 6.00. The summed E-state index contributed by atoms with van der Waals surface area (Å²) in [5, 5.41) is 9.46. The van der Waals surface area contributed by atoms with Crippen molar-refractivity contribution in [1.29, 1.82) is 0 Å². The number of nitrogens with zero attached hydrogens (tertiary/aromatic N) is 2. The molecule has 104 valence electrons. The Kier molecular flexibility index (Phi) is 3.34. The largest absolute Gasteiger partial charge is 0.337 e. The Morgan fingerprint density at radius 3 is 2.68 bits per heavy atom. The highest BCUT2D eigenvalue weighted by Crippen LogP contribution is 2.26.